The fraction of sp³-hybridized carbons (Fsp3) is 0.778. The lowest BCUT2D eigenvalue weighted by atomic mass is 10.1. The molecule has 1 unspecified atom stereocenters. The lowest BCUT2D eigenvalue weighted by molar-refractivity contribution is -0.140. The molecule has 1 rings (SSSR count). The number of nitrogens with zero attached hydrogens (tertiary/aromatic N) is 1. The number of hydrogen-bond donors (Lipinski definition) is 1. The van der Waals surface area contributed by atoms with E-state index in [1.165, 1.54) is 0 Å². The number of aliphatic carboxylic acids is 1. The third-order valence-electron chi connectivity index (χ3n) is 2.48. The molecule has 1 heterocycles. The zero-order valence-corrected chi connectivity index (χ0v) is 7.82. The summed E-state index contributed by atoms with van der Waals surface area (Å²) in [6.45, 7) is 1.02. The molecule has 0 aromatic carbocycles. The van der Waals surface area contributed by atoms with Gasteiger partial charge in [-0.3, -0.25) is 9.59 Å². The van der Waals surface area contributed by atoms with Gasteiger partial charge in [0.2, 0.25) is 0 Å². The van der Waals surface area contributed by atoms with Crippen LogP contribution in [0.2, 0.25) is 0 Å². The molecule has 1 atom stereocenters. The molecular formula is C9H15NO3. The normalized spacial score (nSPS) is 23.3. The number of rotatable bonds is 4. The van der Waals surface area contributed by atoms with E-state index in [1.807, 2.05) is 7.05 Å². The molecule has 0 saturated carbocycles. The highest BCUT2D eigenvalue weighted by Gasteiger charge is 2.23. The van der Waals surface area contributed by atoms with Gasteiger partial charge >= 0.3 is 5.97 Å². The minimum atomic E-state index is -1.02. The molecule has 13 heavy (non-hydrogen) atoms. The maximum absolute atomic E-state index is 11.1. The smallest absolute Gasteiger partial charge is 0.310 e. The van der Waals surface area contributed by atoms with E-state index in [9.17, 15) is 9.59 Å². The van der Waals surface area contributed by atoms with Crippen molar-refractivity contribution in [1.82, 2.24) is 4.90 Å². The van der Waals surface area contributed by atoms with Crippen molar-refractivity contribution in [2.75, 3.05) is 13.6 Å². The molecule has 74 valence electrons. The molecule has 4 nitrogen and oxygen atoms in total. The predicted octanol–water partition coefficient (Wildman–Crippen LogP) is 0.514. The summed E-state index contributed by atoms with van der Waals surface area (Å²) in [4.78, 5) is 23.5. The van der Waals surface area contributed by atoms with Crippen molar-refractivity contribution >= 4 is 11.8 Å². The Balaban J connectivity index is 2.31. The van der Waals surface area contributed by atoms with Crippen LogP contribution in [0.5, 0.6) is 0 Å². The molecule has 0 radical (unpaired) electrons. The molecule has 1 fully saturated rings. The highest BCUT2D eigenvalue weighted by molar-refractivity contribution is 5.94. The van der Waals surface area contributed by atoms with Gasteiger partial charge in [0.25, 0.3) is 0 Å². The zero-order chi connectivity index (χ0) is 9.84. The summed E-state index contributed by atoms with van der Waals surface area (Å²) in [6, 6.07) is 0.270. The van der Waals surface area contributed by atoms with Crippen LogP contribution in [0.1, 0.15) is 25.7 Å². The number of likely N-dealkylation sites (tertiary alicyclic amines) is 1. The Morgan fingerprint density at radius 3 is 2.69 bits per heavy atom. The standard InChI is InChI=1S/C9H15NO3/c1-10-4-2-3-7(10)5-8(11)6-9(12)13/h7H,2-6H2,1H3,(H,12,13). The number of hydrogen-bond acceptors (Lipinski definition) is 3. The lowest BCUT2D eigenvalue weighted by Gasteiger charge is -2.17. The van der Waals surface area contributed by atoms with Crippen LogP contribution in [0.4, 0.5) is 0 Å². The van der Waals surface area contributed by atoms with Crippen molar-refractivity contribution in [2.24, 2.45) is 0 Å². The SMILES string of the molecule is CN1CCCC1CC(=O)CC(=O)O. The summed E-state index contributed by atoms with van der Waals surface area (Å²) in [5.74, 6) is -1.18. The van der Waals surface area contributed by atoms with Crippen molar-refractivity contribution in [3.8, 4) is 0 Å². The number of Topliss-reactive ketones (excluding diaryl/α,β-unsaturated/α-hetero) is 1. The second-order valence-corrected chi connectivity index (χ2v) is 3.59. The summed E-state index contributed by atoms with van der Waals surface area (Å²) in [5.41, 5.74) is 0. The van der Waals surface area contributed by atoms with Gasteiger partial charge in [-0.2, -0.15) is 0 Å². The Labute approximate surface area is 77.5 Å². The van der Waals surface area contributed by atoms with E-state index >= 15 is 0 Å². The van der Waals surface area contributed by atoms with Crippen molar-refractivity contribution in [2.45, 2.75) is 31.7 Å². The van der Waals surface area contributed by atoms with E-state index in [0.29, 0.717) is 6.42 Å². The minimum Gasteiger partial charge on any atom is -0.481 e. The third-order valence-corrected chi connectivity index (χ3v) is 2.48. The number of ketones is 1. The minimum absolute atomic E-state index is 0.161. The van der Waals surface area contributed by atoms with Crippen LogP contribution in [-0.4, -0.2) is 41.4 Å². The van der Waals surface area contributed by atoms with E-state index in [-0.39, 0.29) is 18.2 Å². The van der Waals surface area contributed by atoms with Gasteiger partial charge in [0.1, 0.15) is 12.2 Å². The summed E-state index contributed by atoms with van der Waals surface area (Å²) in [5, 5.41) is 8.39. The summed E-state index contributed by atoms with van der Waals surface area (Å²) < 4.78 is 0. The van der Waals surface area contributed by atoms with Crippen molar-refractivity contribution in [1.29, 1.82) is 0 Å². The van der Waals surface area contributed by atoms with Crippen LogP contribution >= 0.6 is 0 Å². The van der Waals surface area contributed by atoms with Crippen molar-refractivity contribution in [3.63, 3.8) is 0 Å². The van der Waals surface area contributed by atoms with Gasteiger partial charge in [-0.1, -0.05) is 0 Å². The molecular weight excluding hydrogens is 170 g/mol. The fourth-order valence-corrected chi connectivity index (χ4v) is 1.74. The monoisotopic (exact) mass is 185 g/mol. The summed E-state index contributed by atoms with van der Waals surface area (Å²) in [7, 11) is 1.98. The van der Waals surface area contributed by atoms with Crippen LogP contribution in [0.25, 0.3) is 0 Å². The molecule has 1 saturated heterocycles. The maximum atomic E-state index is 11.1. The van der Waals surface area contributed by atoms with Crippen LogP contribution in [0, 0.1) is 0 Å². The average Bonchev–Trinajstić information content (AvgIpc) is 2.34. The second kappa shape index (κ2) is 4.37. The molecule has 1 aliphatic heterocycles. The van der Waals surface area contributed by atoms with E-state index in [2.05, 4.69) is 4.90 Å². The Morgan fingerprint density at radius 2 is 2.23 bits per heavy atom. The van der Waals surface area contributed by atoms with Crippen molar-refractivity contribution in [3.05, 3.63) is 0 Å². The second-order valence-electron chi connectivity index (χ2n) is 3.59. The molecule has 0 amide bonds. The molecule has 1 N–H and O–H groups in total. The number of carboxylic acid groups (broad SMARTS) is 1. The largest absolute Gasteiger partial charge is 0.481 e. The Hall–Kier alpha value is -0.900. The predicted molar refractivity (Wildman–Crippen MR) is 47.5 cm³/mol. The zero-order valence-electron chi connectivity index (χ0n) is 7.82. The first-order chi connectivity index (χ1) is 6.09. The molecule has 0 spiro atoms. The van der Waals surface area contributed by atoms with Crippen LogP contribution in [0.3, 0.4) is 0 Å². The Morgan fingerprint density at radius 1 is 1.54 bits per heavy atom. The van der Waals surface area contributed by atoms with Crippen LogP contribution in [0.15, 0.2) is 0 Å². The van der Waals surface area contributed by atoms with Gasteiger partial charge in [0.15, 0.2) is 0 Å². The topological polar surface area (TPSA) is 57.6 Å². The average molecular weight is 185 g/mol. The molecule has 0 bridgehead atoms. The third kappa shape index (κ3) is 3.14. The van der Waals surface area contributed by atoms with Crippen molar-refractivity contribution < 1.29 is 14.7 Å². The first kappa shape index (κ1) is 10.2. The number of carbonyl (C=O) groups excluding carboxylic acids is 1. The lowest BCUT2D eigenvalue weighted by Crippen LogP contribution is -2.27. The first-order valence-corrected chi connectivity index (χ1v) is 4.53. The van der Waals surface area contributed by atoms with Crippen LogP contribution in [-0.2, 0) is 9.59 Å². The van der Waals surface area contributed by atoms with E-state index in [1.54, 1.807) is 0 Å². The quantitative estimate of drug-likeness (QED) is 0.648. The van der Waals surface area contributed by atoms with E-state index in [4.69, 9.17) is 5.11 Å². The van der Waals surface area contributed by atoms with Gasteiger partial charge in [-0.15, -0.1) is 0 Å². The van der Waals surface area contributed by atoms with Gasteiger partial charge in [-0.05, 0) is 26.4 Å². The molecule has 4 heteroatoms. The highest BCUT2D eigenvalue weighted by atomic mass is 16.4. The molecule has 0 aromatic rings. The van der Waals surface area contributed by atoms with E-state index in [0.717, 1.165) is 19.4 Å². The molecule has 0 aliphatic carbocycles. The Kier molecular flexibility index (Phi) is 3.42. The van der Waals surface area contributed by atoms with Gasteiger partial charge in [0.05, 0.1) is 0 Å². The van der Waals surface area contributed by atoms with Gasteiger partial charge in [0, 0.05) is 12.5 Å². The highest BCUT2D eigenvalue weighted by Crippen LogP contribution is 2.18. The van der Waals surface area contributed by atoms with Crippen LogP contribution < -0.4 is 0 Å². The maximum Gasteiger partial charge on any atom is 0.310 e. The summed E-state index contributed by atoms with van der Waals surface area (Å²) in [6.07, 6.45) is 2.19. The molecule has 0 aromatic heterocycles. The first-order valence-electron chi connectivity index (χ1n) is 4.53. The van der Waals surface area contributed by atoms with Gasteiger partial charge in [-0.25, -0.2) is 0 Å². The summed E-state index contributed by atoms with van der Waals surface area (Å²) >= 11 is 0. The number of carbonyl (C=O) groups is 2. The van der Waals surface area contributed by atoms with Gasteiger partial charge < -0.3 is 10.0 Å². The van der Waals surface area contributed by atoms with E-state index < -0.39 is 5.97 Å². The Bertz CT molecular complexity index is 215. The number of carboxylic acids is 1. The molecule has 1 aliphatic rings. The fourth-order valence-electron chi connectivity index (χ4n) is 1.74.